The van der Waals surface area contributed by atoms with Crippen molar-refractivity contribution in [2.45, 2.75) is 39.5 Å². The third kappa shape index (κ3) is 24.1. The van der Waals surface area contributed by atoms with Crippen LogP contribution in [-0.2, 0) is 14.4 Å². The van der Waals surface area contributed by atoms with Crippen LogP contribution in [0.3, 0.4) is 0 Å². The van der Waals surface area contributed by atoms with E-state index in [1.54, 1.807) is 11.8 Å². The van der Waals surface area contributed by atoms with Crippen molar-refractivity contribution in [2.75, 3.05) is 38.2 Å². The lowest BCUT2D eigenvalue weighted by Gasteiger charge is -2.05. The predicted octanol–water partition coefficient (Wildman–Crippen LogP) is 0.739. The van der Waals surface area contributed by atoms with Gasteiger partial charge in [-0.15, -0.1) is 0 Å². The van der Waals surface area contributed by atoms with Crippen LogP contribution in [0.15, 0.2) is 0 Å². The second kappa shape index (κ2) is 18.1. The number of nitrogens with one attached hydrogen (secondary N) is 2. The molecule has 0 saturated carbocycles. The van der Waals surface area contributed by atoms with Crippen molar-refractivity contribution in [3.63, 3.8) is 0 Å². The average molecular weight is 333 g/mol. The number of carbonyl (C=O) groups excluding carboxylic acids is 3. The number of unbranched alkanes of at least 4 members (excludes halogenated alkanes) is 1. The highest BCUT2D eigenvalue weighted by Gasteiger charge is 1.97. The van der Waals surface area contributed by atoms with Crippen LogP contribution < -0.4 is 16.4 Å². The maximum absolute atomic E-state index is 11.1. The normalized spacial score (nSPS) is 9.64. The zero-order valence-corrected chi connectivity index (χ0v) is 14.9. The first-order chi connectivity index (χ1) is 10.4. The highest BCUT2D eigenvalue weighted by Crippen LogP contribution is 1.89. The summed E-state index contributed by atoms with van der Waals surface area (Å²) in [5, 5.41) is 6.18. The minimum absolute atomic E-state index is 0.0625. The fraction of sp³-hybridized carbons (Fsp3) is 0.800. The van der Waals surface area contributed by atoms with Gasteiger partial charge in [-0.2, -0.15) is 11.8 Å². The molecular weight excluding hydrogens is 302 g/mol. The zero-order chi connectivity index (χ0) is 17.2. The van der Waals surface area contributed by atoms with E-state index in [0.29, 0.717) is 5.75 Å². The lowest BCUT2D eigenvalue weighted by atomic mass is 10.2. The van der Waals surface area contributed by atoms with Crippen LogP contribution in [0.4, 0.5) is 0 Å². The van der Waals surface area contributed by atoms with Crippen molar-refractivity contribution in [1.29, 1.82) is 0 Å². The van der Waals surface area contributed by atoms with Gasteiger partial charge in [0.2, 0.25) is 5.91 Å². The van der Waals surface area contributed by atoms with Crippen LogP contribution in [0.2, 0.25) is 0 Å². The van der Waals surface area contributed by atoms with Gasteiger partial charge >= 0.3 is 0 Å². The Morgan fingerprint density at radius 2 is 1.55 bits per heavy atom. The molecule has 0 heterocycles. The van der Waals surface area contributed by atoms with Gasteiger partial charge < -0.3 is 16.4 Å². The molecule has 0 aliphatic carbocycles. The number of Topliss-reactive ketones (excluding diaryl/α,β-unsaturated/α-hetero) is 2. The van der Waals surface area contributed by atoms with Gasteiger partial charge in [-0.3, -0.25) is 14.4 Å². The molecule has 0 aliphatic heterocycles. The molecule has 0 aromatic heterocycles. The van der Waals surface area contributed by atoms with E-state index < -0.39 is 0 Å². The second-order valence-corrected chi connectivity index (χ2v) is 5.83. The topological polar surface area (TPSA) is 101 Å². The van der Waals surface area contributed by atoms with Crippen molar-refractivity contribution in [2.24, 2.45) is 5.73 Å². The molecule has 0 fully saturated rings. The van der Waals surface area contributed by atoms with E-state index in [-0.39, 0.29) is 23.9 Å². The summed E-state index contributed by atoms with van der Waals surface area (Å²) in [6.45, 7) is 6.33. The smallest absolute Gasteiger partial charge is 0.229 e. The van der Waals surface area contributed by atoms with Crippen LogP contribution >= 0.6 is 11.8 Å². The molecule has 0 spiro atoms. The summed E-state index contributed by atoms with van der Waals surface area (Å²) in [6.07, 6.45) is 5.22. The molecule has 22 heavy (non-hydrogen) atoms. The number of hydrogen-bond donors (Lipinski definition) is 3. The van der Waals surface area contributed by atoms with E-state index in [4.69, 9.17) is 5.73 Å². The molecule has 0 bridgehead atoms. The van der Waals surface area contributed by atoms with E-state index >= 15 is 0 Å². The van der Waals surface area contributed by atoms with Crippen LogP contribution in [0.1, 0.15) is 39.5 Å². The quantitative estimate of drug-likeness (QED) is 0.360. The second-order valence-electron chi connectivity index (χ2n) is 4.96. The van der Waals surface area contributed by atoms with Crippen LogP contribution in [0.25, 0.3) is 0 Å². The van der Waals surface area contributed by atoms with Gasteiger partial charge in [-0.1, -0.05) is 0 Å². The monoisotopic (exact) mass is 333 g/mol. The van der Waals surface area contributed by atoms with Crippen molar-refractivity contribution in [3.05, 3.63) is 0 Å². The molecule has 0 saturated heterocycles. The van der Waals surface area contributed by atoms with E-state index in [1.165, 1.54) is 13.8 Å². The molecule has 0 aromatic carbocycles. The van der Waals surface area contributed by atoms with E-state index in [1.807, 2.05) is 6.26 Å². The number of hydrogen-bond acceptors (Lipinski definition) is 6. The maximum atomic E-state index is 11.1. The number of amides is 1. The number of rotatable bonds is 12. The molecular formula is C15H31N3O3S. The Kier molecular flexibility index (Phi) is 19.2. The Morgan fingerprint density at radius 3 is 2.00 bits per heavy atom. The summed E-state index contributed by atoms with van der Waals surface area (Å²) < 4.78 is 0. The molecule has 1 amide bonds. The van der Waals surface area contributed by atoms with Crippen molar-refractivity contribution in [1.82, 2.24) is 10.6 Å². The molecule has 130 valence electrons. The molecule has 0 aromatic rings. The summed E-state index contributed by atoms with van der Waals surface area (Å²) >= 11 is 1.55. The molecule has 0 atom stereocenters. The lowest BCUT2D eigenvalue weighted by Crippen LogP contribution is -2.28. The van der Waals surface area contributed by atoms with Gasteiger partial charge in [0.1, 0.15) is 11.6 Å². The number of nitrogens with two attached hydrogens (primary N) is 1. The van der Waals surface area contributed by atoms with Gasteiger partial charge in [0.25, 0.3) is 0 Å². The van der Waals surface area contributed by atoms with Gasteiger partial charge in [0.05, 0.1) is 12.2 Å². The fourth-order valence-corrected chi connectivity index (χ4v) is 1.86. The largest absolute Gasteiger partial charge is 0.355 e. The molecule has 6 nitrogen and oxygen atoms in total. The standard InChI is InChI=1S/C10H23N3OS.C5H8O2/c1-15-9-10(14)13-8-4-7-12-6-3-2-5-11;1-4(6)3-5(2)7/h12H,2-9,11H2,1H3,(H,13,14);3H2,1-2H3. The highest BCUT2D eigenvalue weighted by atomic mass is 32.2. The van der Waals surface area contributed by atoms with Crippen molar-refractivity contribution >= 4 is 29.2 Å². The Hall–Kier alpha value is -0.920. The lowest BCUT2D eigenvalue weighted by molar-refractivity contribution is -0.124. The van der Waals surface area contributed by atoms with Crippen LogP contribution in [0, 0.1) is 0 Å². The van der Waals surface area contributed by atoms with Crippen LogP contribution in [0.5, 0.6) is 0 Å². The van der Waals surface area contributed by atoms with Gasteiger partial charge in [0.15, 0.2) is 0 Å². The minimum atomic E-state index is -0.0625. The first-order valence-electron chi connectivity index (χ1n) is 7.59. The third-order valence-electron chi connectivity index (χ3n) is 2.43. The molecule has 4 N–H and O–H groups in total. The Morgan fingerprint density at radius 1 is 0.955 bits per heavy atom. The maximum Gasteiger partial charge on any atom is 0.229 e. The summed E-state index contributed by atoms with van der Waals surface area (Å²) in [7, 11) is 0. The summed E-state index contributed by atoms with van der Waals surface area (Å²) in [5.74, 6) is 0.565. The van der Waals surface area contributed by atoms with E-state index in [9.17, 15) is 14.4 Å². The zero-order valence-electron chi connectivity index (χ0n) is 14.1. The van der Waals surface area contributed by atoms with Gasteiger partial charge in [-0.05, 0) is 59.0 Å². The number of thioether (sulfide) groups is 1. The van der Waals surface area contributed by atoms with Crippen molar-refractivity contribution in [3.8, 4) is 0 Å². The van der Waals surface area contributed by atoms with Gasteiger partial charge in [0, 0.05) is 6.54 Å². The molecule has 0 radical (unpaired) electrons. The molecule has 0 aliphatic rings. The number of ketones is 2. The van der Waals surface area contributed by atoms with Crippen molar-refractivity contribution < 1.29 is 14.4 Å². The Balaban J connectivity index is 0. The first kappa shape index (κ1) is 23.3. The van der Waals surface area contributed by atoms with E-state index in [2.05, 4.69) is 10.6 Å². The first-order valence-corrected chi connectivity index (χ1v) is 8.98. The Bertz CT molecular complexity index is 300. The predicted molar refractivity (Wildman–Crippen MR) is 93.1 cm³/mol. The summed E-state index contributed by atoms with van der Waals surface area (Å²) in [5.41, 5.74) is 5.38. The molecule has 0 unspecified atom stereocenters. The van der Waals surface area contributed by atoms with Crippen LogP contribution in [-0.4, -0.2) is 55.7 Å². The third-order valence-corrected chi connectivity index (χ3v) is 2.98. The summed E-state index contributed by atoms with van der Waals surface area (Å²) in [4.78, 5) is 31.1. The molecule has 0 rings (SSSR count). The SMILES string of the molecule is CC(=O)CC(C)=O.CSCC(=O)NCCCNCCCCN. The highest BCUT2D eigenvalue weighted by molar-refractivity contribution is 7.99. The summed E-state index contributed by atoms with van der Waals surface area (Å²) in [6, 6.07) is 0. The Labute approximate surface area is 138 Å². The van der Waals surface area contributed by atoms with E-state index in [0.717, 1.165) is 45.4 Å². The number of carbonyl (C=O) groups is 3. The average Bonchev–Trinajstić information content (AvgIpc) is 2.41. The molecule has 7 heteroatoms. The van der Waals surface area contributed by atoms with Gasteiger partial charge in [-0.25, -0.2) is 0 Å². The fourth-order valence-electron chi connectivity index (χ4n) is 1.49. The minimum Gasteiger partial charge on any atom is -0.355 e.